The average Bonchev–Trinajstić information content (AvgIpc) is 2.93. The predicted molar refractivity (Wildman–Crippen MR) is 92.2 cm³/mol. The highest BCUT2D eigenvalue weighted by Gasteiger charge is 2.22. The zero-order valence-corrected chi connectivity index (χ0v) is 12.9. The Hall–Kier alpha value is -2.59. The van der Waals surface area contributed by atoms with Crippen molar-refractivity contribution in [2.45, 2.75) is 6.42 Å². The Kier molecular flexibility index (Phi) is 3.20. The maximum absolute atomic E-state index is 12.3. The fraction of sp³-hybridized carbons (Fsp3) is 0.111. The first-order valence-corrected chi connectivity index (χ1v) is 7.84. The highest BCUT2D eigenvalue weighted by atomic mass is 35.5. The van der Waals surface area contributed by atoms with Crippen molar-refractivity contribution in [1.29, 1.82) is 0 Å². The number of pyridine rings is 1. The standard InChI is InChI=1S/C18H13ClN2O2/c19-9-16(22)20-11-5-6-12-10(7-11)8-15-13-3-1-2-4-14(13)18(23)21-17(12)15/h1-7H,8-9H2,(H,20,22)(H,21,23). The number of nitrogens with one attached hydrogen (secondary N) is 2. The van der Waals surface area contributed by atoms with Crippen LogP contribution < -0.4 is 10.9 Å². The second-order valence-corrected chi connectivity index (χ2v) is 5.85. The van der Waals surface area contributed by atoms with E-state index in [4.69, 9.17) is 11.6 Å². The van der Waals surface area contributed by atoms with E-state index in [0.717, 1.165) is 34.2 Å². The maximum Gasteiger partial charge on any atom is 0.256 e. The smallest absolute Gasteiger partial charge is 0.256 e. The Bertz CT molecular complexity index is 1010. The van der Waals surface area contributed by atoms with Gasteiger partial charge in [-0.25, -0.2) is 0 Å². The Balaban J connectivity index is 1.85. The second-order valence-electron chi connectivity index (χ2n) is 5.58. The van der Waals surface area contributed by atoms with Crippen LogP contribution in [0.3, 0.4) is 0 Å². The molecule has 5 heteroatoms. The largest absolute Gasteiger partial charge is 0.325 e. The first kappa shape index (κ1) is 14.0. The summed E-state index contributed by atoms with van der Waals surface area (Å²) in [5, 5.41) is 4.44. The number of anilines is 1. The van der Waals surface area contributed by atoms with Gasteiger partial charge in [0.05, 0.1) is 5.69 Å². The summed E-state index contributed by atoms with van der Waals surface area (Å²) >= 11 is 5.52. The van der Waals surface area contributed by atoms with E-state index in [-0.39, 0.29) is 17.3 Å². The topological polar surface area (TPSA) is 62.0 Å². The Labute approximate surface area is 137 Å². The molecule has 1 aliphatic rings. The summed E-state index contributed by atoms with van der Waals surface area (Å²) in [4.78, 5) is 26.7. The third-order valence-electron chi connectivity index (χ3n) is 4.18. The number of benzene rings is 2. The summed E-state index contributed by atoms with van der Waals surface area (Å²) in [7, 11) is 0. The molecule has 0 aliphatic heterocycles. The van der Waals surface area contributed by atoms with Crippen LogP contribution in [0.15, 0.2) is 47.3 Å². The number of halogens is 1. The second kappa shape index (κ2) is 5.25. The summed E-state index contributed by atoms with van der Waals surface area (Å²) in [5.41, 5.74) is 4.72. The first-order chi connectivity index (χ1) is 11.2. The highest BCUT2D eigenvalue weighted by molar-refractivity contribution is 6.29. The first-order valence-electron chi connectivity index (χ1n) is 7.30. The van der Waals surface area contributed by atoms with Crippen LogP contribution >= 0.6 is 11.6 Å². The number of rotatable bonds is 2. The molecule has 1 heterocycles. The normalized spacial score (nSPS) is 12.0. The van der Waals surface area contributed by atoms with Crippen molar-refractivity contribution in [3.8, 4) is 11.3 Å². The lowest BCUT2D eigenvalue weighted by Gasteiger charge is -2.06. The highest BCUT2D eigenvalue weighted by Crippen LogP contribution is 2.38. The van der Waals surface area contributed by atoms with Gasteiger partial charge in [-0.3, -0.25) is 9.59 Å². The fourth-order valence-corrected chi connectivity index (χ4v) is 3.26. The molecule has 3 aromatic rings. The van der Waals surface area contributed by atoms with Crippen LogP contribution in [-0.2, 0) is 11.2 Å². The lowest BCUT2D eigenvalue weighted by molar-refractivity contribution is -0.113. The van der Waals surface area contributed by atoms with Gasteiger partial charge in [0.1, 0.15) is 5.88 Å². The van der Waals surface area contributed by atoms with Gasteiger partial charge in [0.25, 0.3) is 5.56 Å². The average molecular weight is 325 g/mol. The molecule has 0 bridgehead atoms. The summed E-state index contributed by atoms with van der Waals surface area (Å²) in [6.07, 6.45) is 0.729. The molecule has 0 spiro atoms. The molecular formula is C18H13ClN2O2. The number of aromatic nitrogens is 1. The van der Waals surface area contributed by atoms with E-state index >= 15 is 0 Å². The number of amides is 1. The molecule has 2 aromatic carbocycles. The minimum Gasteiger partial charge on any atom is -0.325 e. The number of carbonyl (C=O) groups excluding carboxylic acids is 1. The molecule has 114 valence electrons. The number of alkyl halides is 1. The molecule has 2 N–H and O–H groups in total. The summed E-state index contributed by atoms with van der Waals surface area (Å²) < 4.78 is 0. The number of hydrogen-bond donors (Lipinski definition) is 2. The third-order valence-corrected chi connectivity index (χ3v) is 4.43. The van der Waals surface area contributed by atoms with Crippen molar-refractivity contribution in [3.05, 3.63) is 63.9 Å². The van der Waals surface area contributed by atoms with Gasteiger partial charge in [0, 0.05) is 23.1 Å². The molecule has 0 atom stereocenters. The minimum atomic E-state index is -0.235. The van der Waals surface area contributed by atoms with Crippen molar-refractivity contribution >= 4 is 34.0 Å². The van der Waals surface area contributed by atoms with E-state index in [1.807, 2.05) is 42.5 Å². The molecule has 0 unspecified atom stereocenters. The molecule has 23 heavy (non-hydrogen) atoms. The van der Waals surface area contributed by atoms with Gasteiger partial charge in [-0.05, 0) is 34.7 Å². The van der Waals surface area contributed by atoms with Crippen molar-refractivity contribution in [3.63, 3.8) is 0 Å². The van der Waals surface area contributed by atoms with Crippen LogP contribution in [0.5, 0.6) is 0 Å². The number of H-pyrrole nitrogens is 1. The molecular weight excluding hydrogens is 312 g/mol. The van der Waals surface area contributed by atoms with Crippen LogP contribution in [0.25, 0.3) is 22.0 Å². The van der Waals surface area contributed by atoms with E-state index in [2.05, 4.69) is 10.3 Å². The van der Waals surface area contributed by atoms with Crippen molar-refractivity contribution in [2.24, 2.45) is 0 Å². The third kappa shape index (κ3) is 2.23. The van der Waals surface area contributed by atoms with Crippen molar-refractivity contribution in [2.75, 3.05) is 11.2 Å². The number of hydrogen-bond acceptors (Lipinski definition) is 2. The maximum atomic E-state index is 12.3. The Morgan fingerprint density at radius 2 is 1.96 bits per heavy atom. The van der Waals surface area contributed by atoms with E-state index in [0.29, 0.717) is 11.1 Å². The fourth-order valence-electron chi connectivity index (χ4n) is 3.20. The van der Waals surface area contributed by atoms with Gasteiger partial charge in [0.2, 0.25) is 5.91 Å². The number of fused-ring (bicyclic) bond motifs is 5. The van der Waals surface area contributed by atoms with Crippen LogP contribution in [0.2, 0.25) is 0 Å². The Morgan fingerprint density at radius 1 is 1.17 bits per heavy atom. The Morgan fingerprint density at radius 3 is 2.74 bits per heavy atom. The molecule has 0 saturated carbocycles. The van der Waals surface area contributed by atoms with Crippen LogP contribution in [-0.4, -0.2) is 16.8 Å². The van der Waals surface area contributed by atoms with Gasteiger partial charge < -0.3 is 10.3 Å². The summed E-state index contributed by atoms with van der Waals surface area (Å²) in [5.74, 6) is -0.309. The van der Waals surface area contributed by atoms with Gasteiger partial charge in [-0.1, -0.05) is 24.3 Å². The van der Waals surface area contributed by atoms with E-state index < -0.39 is 0 Å². The summed E-state index contributed by atoms with van der Waals surface area (Å²) in [6.45, 7) is 0. The molecule has 1 amide bonds. The van der Waals surface area contributed by atoms with Gasteiger partial charge in [0.15, 0.2) is 0 Å². The van der Waals surface area contributed by atoms with E-state index in [9.17, 15) is 9.59 Å². The molecule has 4 rings (SSSR count). The van der Waals surface area contributed by atoms with Gasteiger partial charge >= 0.3 is 0 Å². The summed E-state index contributed by atoms with van der Waals surface area (Å²) in [6, 6.07) is 13.3. The number of aromatic amines is 1. The van der Waals surface area contributed by atoms with Gasteiger partial charge in [-0.15, -0.1) is 11.6 Å². The molecule has 0 saturated heterocycles. The molecule has 1 aromatic heterocycles. The lowest BCUT2D eigenvalue weighted by Crippen LogP contribution is -2.12. The van der Waals surface area contributed by atoms with Crippen LogP contribution in [0, 0.1) is 0 Å². The van der Waals surface area contributed by atoms with E-state index in [1.165, 1.54) is 0 Å². The SMILES string of the molecule is O=C(CCl)Nc1ccc2c(c1)Cc1c-2[nH]c(=O)c2ccccc12. The number of carbonyl (C=O) groups is 1. The van der Waals surface area contributed by atoms with Crippen LogP contribution in [0.4, 0.5) is 5.69 Å². The van der Waals surface area contributed by atoms with Crippen molar-refractivity contribution in [1.82, 2.24) is 4.98 Å². The minimum absolute atomic E-state index is 0.0741. The van der Waals surface area contributed by atoms with Crippen LogP contribution in [0.1, 0.15) is 11.1 Å². The molecule has 4 nitrogen and oxygen atoms in total. The monoisotopic (exact) mass is 324 g/mol. The quantitative estimate of drug-likeness (QED) is 0.556. The van der Waals surface area contributed by atoms with E-state index in [1.54, 1.807) is 0 Å². The molecule has 0 radical (unpaired) electrons. The lowest BCUT2D eigenvalue weighted by atomic mass is 10.0. The van der Waals surface area contributed by atoms with Crippen molar-refractivity contribution < 1.29 is 4.79 Å². The molecule has 1 aliphatic carbocycles. The predicted octanol–water partition coefficient (Wildman–Crippen LogP) is 3.28. The molecule has 0 fully saturated rings. The van der Waals surface area contributed by atoms with Gasteiger partial charge in [-0.2, -0.15) is 0 Å². The zero-order chi connectivity index (χ0) is 16.0. The zero-order valence-electron chi connectivity index (χ0n) is 12.2.